The third-order valence-electron chi connectivity index (χ3n) is 3.86. The maximum Gasteiger partial charge on any atom is 0.274 e. The van der Waals surface area contributed by atoms with Crippen LogP contribution in [0, 0.1) is 18.3 Å². The van der Waals surface area contributed by atoms with E-state index in [1.807, 2.05) is 37.3 Å². The third-order valence-corrected chi connectivity index (χ3v) is 3.86. The van der Waals surface area contributed by atoms with E-state index in [1.165, 1.54) is 5.56 Å². The van der Waals surface area contributed by atoms with Crippen molar-refractivity contribution >= 4 is 17.5 Å². The van der Waals surface area contributed by atoms with Crippen molar-refractivity contribution in [3.8, 4) is 6.07 Å². The lowest BCUT2D eigenvalue weighted by molar-refractivity contribution is 0.102. The van der Waals surface area contributed by atoms with Crippen LogP contribution in [0.15, 0.2) is 60.8 Å². The Hall–Kier alpha value is -3.72. The van der Waals surface area contributed by atoms with Crippen LogP contribution in [0.4, 0.5) is 11.6 Å². The van der Waals surface area contributed by atoms with Gasteiger partial charge in [0.05, 0.1) is 11.6 Å². The first-order valence-electron chi connectivity index (χ1n) is 8.08. The average molecular weight is 343 g/mol. The van der Waals surface area contributed by atoms with Gasteiger partial charge in [-0.3, -0.25) is 4.79 Å². The fourth-order valence-electron chi connectivity index (χ4n) is 2.38. The summed E-state index contributed by atoms with van der Waals surface area (Å²) < 4.78 is 0. The molecule has 2 aromatic carbocycles. The van der Waals surface area contributed by atoms with Gasteiger partial charge in [0.25, 0.3) is 5.91 Å². The van der Waals surface area contributed by atoms with Crippen LogP contribution in [0.3, 0.4) is 0 Å². The monoisotopic (exact) mass is 343 g/mol. The molecule has 0 atom stereocenters. The number of hydrogen-bond acceptors (Lipinski definition) is 5. The lowest BCUT2D eigenvalue weighted by atomic mass is 10.1. The zero-order valence-electron chi connectivity index (χ0n) is 14.2. The lowest BCUT2D eigenvalue weighted by Crippen LogP contribution is -2.15. The zero-order chi connectivity index (χ0) is 18.4. The Bertz CT molecular complexity index is 960. The zero-order valence-corrected chi connectivity index (χ0v) is 14.2. The van der Waals surface area contributed by atoms with Gasteiger partial charge in [0, 0.05) is 18.4 Å². The van der Waals surface area contributed by atoms with E-state index >= 15 is 0 Å². The molecule has 1 amide bonds. The number of anilines is 2. The van der Waals surface area contributed by atoms with Crippen LogP contribution in [0.1, 0.15) is 27.2 Å². The molecule has 26 heavy (non-hydrogen) atoms. The summed E-state index contributed by atoms with van der Waals surface area (Å²) in [5.74, 6) is 0.0526. The SMILES string of the molecule is Cc1ccccc1CNc1nccc(C(=O)Nc2ccc(C#N)cc2)n1. The van der Waals surface area contributed by atoms with Gasteiger partial charge in [-0.15, -0.1) is 0 Å². The number of rotatable bonds is 5. The van der Waals surface area contributed by atoms with Gasteiger partial charge in [0.2, 0.25) is 5.95 Å². The van der Waals surface area contributed by atoms with E-state index in [-0.39, 0.29) is 11.6 Å². The molecule has 1 heterocycles. The van der Waals surface area contributed by atoms with Gasteiger partial charge in [0.15, 0.2) is 0 Å². The maximum atomic E-state index is 12.4. The summed E-state index contributed by atoms with van der Waals surface area (Å²) >= 11 is 0. The van der Waals surface area contributed by atoms with Crippen LogP contribution in [-0.4, -0.2) is 15.9 Å². The van der Waals surface area contributed by atoms with Gasteiger partial charge in [0.1, 0.15) is 5.69 Å². The van der Waals surface area contributed by atoms with Crippen molar-refractivity contribution in [2.45, 2.75) is 13.5 Å². The Balaban J connectivity index is 1.67. The van der Waals surface area contributed by atoms with Crippen molar-refractivity contribution in [1.29, 1.82) is 5.26 Å². The number of carbonyl (C=O) groups is 1. The standard InChI is InChI=1S/C20H17N5O/c1-14-4-2-3-5-16(14)13-23-20-22-11-10-18(25-20)19(26)24-17-8-6-15(12-21)7-9-17/h2-11H,13H2,1H3,(H,24,26)(H,22,23,25). The van der Waals surface area contributed by atoms with E-state index in [0.29, 0.717) is 23.7 Å². The minimum atomic E-state index is -0.337. The third kappa shape index (κ3) is 4.22. The van der Waals surface area contributed by atoms with E-state index in [4.69, 9.17) is 5.26 Å². The number of carbonyl (C=O) groups excluding carboxylic acids is 1. The minimum absolute atomic E-state index is 0.261. The molecule has 0 spiro atoms. The predicted octanol–water partition coefficient (Wildman–Crippen LogP) is 3.52. The number of benzene rings is 2. The van der Waals surface area contributed by atoms with Crippen LogP contribution < -0.4 is 10.6 Å². The first-order valence-corrected chi connectivity index (χ1v) is 8.08. The quantitative estimate of drug-likeness (QED) is 0.739. The molecule has 3 aromatic rings. The molecule has 0 radical (unpaired) electrons. The summed E-state index contributed by atoms with van der Waals surface area (Å²) in [5, 5.41) is 14.7. The molecular formula is C20H17N5O. The number of hydrogen-bond donors (Lipinski definition) is 2. The Kier molecular flexibility index (Phi) is 5.20. The Labute approximate surface area is 151 Å². The second kappa shape index (κ2) is 7.90. The molecule has 0 saturated heterocycles. The van der Waals surface area contributed by atoms with Crippen molar-refractivity contribution < 1.29 is 4.79 Å². The second-order valence-electron chi connectivity index (χ2n) is 5.69. The number of aryl methyl sites for hydroxylation is 1. The molecule has 2 N–H and O–H groups in total. The number of nitrogens with zero attached hydrogens (tertiary/aromatic N) is 3. The summed E-state index contributed by atoms with van der Waals surface area (Å²) in [6, 6.07) is 18.3. The molecule has 3 rings (SSSR count). The highest BCUT2D eigenvalue weighted by Gasteiger charge is 2.09. The molecular weight excluding hydrogens is 326 g/mol. The van der Waals surface area contributed by atoms with Crippen LogP contribution >= 0.6 is 0 Å². The van der Waals surface area contributed by atoms with Crippen molar-refractivity contribution in [3.05, 3.63) is 83.2 Å². The summed E-state index contributed by atoms with van der Waals surface area (Å²) in [6.45, 7) is 2.62. The van der Waals surface area contributed by atoms with E-state index in [2.05, 4.69) is 20.6 Å². The fourth-order valence-corrected chi connectivity index (χ4v) is 2.38. The lowest BCUT2D eigenvalue weighted by Gasteiger charge is -2.09. The van der Waals surface area contributed by atoms with Gasteiger partial charge < -0.3 is 10.6 Å². The molecule has 0 unspecified atom stereocenters. The normalized spacial score (nSPS) is 10.0. The van der Waals surface area contributed by atoms with Crippen LogP contribution in [0.25, 0.3) is 0 Å². The molecule has 0 fully saturated rings. The first kappa shape index (κ1) is 17.1. The minimum Gasteiger partial charge on any atom is -0.350 e. The van der Waals surface area contributed by atoms with E-state index in [9.17, 15) is 4.79 Å². The summed E-state index contributed by atoms with van der Waals surface area (Å²) in [6.07, 6.45) is 1.54. The van der Waals surface area contributed by atoms with Crippen LogP contribution in [0.2, 0.25) is 0 Å². The molecule has 0 aliphatic rings. The van der Waals surface area contributed by atoms with Gasteiger partial charge >= 0.3 is 0 Å². The van der Waals surface area contributed by atoms with E-state index in [0.717, 1.165) is 5.56 Å². The molecule has 0 aliphatic heterocycles. The largest absolute Gasteiger partial charge is 0.350 e. The van der Waals surface area contributed by atoms with Crippen LogP contribution in [0.5, 0.6) is 0 Å². The van der Waals surface area contributed by atoms with Crippen molar-refractivity contribution in [2.75, 3.05) is 10.6 Å². The van der Waals surface area contributed by atoms with Gasteiger partial charge in [-0.05, 0) is 48.4 Å². The number of nitrogens with one attached hydrogen (secondary N) is 2. The van der Waals surface area contributed by atoms with Crippen molar-refractivity contribution in [1.82, 2.24) is 9.97 Å². The highest BCUT2D eigenvalue weighted by molar-refractivity contribution is 6.02. The Morgan fingerprint density at radius 2 is 1.88 bits per heavy atom. The molecule has 0 saturated carbocycles. The van der Waals surface area contributed by atoms with Gasteiger partial charge in [-0.25, -0.2) is 9.97 Å². The summed E-state index contributed by atoms with van der Waals surface area (Å²) in [7, 11) is 0. The number of amides is 1. The Morgan fingerprint density at radius 3 is 2.62 bits per heavy atom. The molecule has 0 bridgehead atoms. The fraction of sp³-hybridized carbons (Fsp3) is 0.100. The predicted molar refractivity (Wildman–Crippen MR) is 99.6 cm³/mol. The van der Waals surface area contributed by atoms with Gasteiger partial charge in [-0.2, -0.15) is 5.26 Å². The highest BCUT2D eigenvalue weighted by atomic mass is 16.1. The first-order chi connectivity index (χ1) is 12.7. The highest BCUT2D eigenvalue weighted by Crippen LogP contribution is 2.12. The second-order valence-corrected chi connectivity index (χ2v) is 5.69. The molecule has 6 nitrogen and oxygen atoms in total. The Morgan fingerprint density at radius 1 is 1.12 bits per heavy atom. The smallest absolute Gasteiger partial charge is 0.274 e. The molecule has 6 heteroatoms. The summed E-state index contributed by atoms with van der Waals surface area (Å²) in [4.78, 5) is 20.8. The maximum absolute atomic E-state index is 12.4. The molecule has 1 aromatic heterocycles. The number of aromatic nitrogens is 2. The summed E-state index contributed by atoms with van der Waals surface area (Å²) in [5.41, 5.74) is 3.71. The average Bonchev–Trinajstić information content (AvgIpc) is 2.68. The molecule has 0 aliphatic carbocycles. The van der Waals surface area contributed by atoms with E-state index < -0.39 is 0 Å². The van der Waals surface area contributed by atoms with Crippen LogP contribution in [-0.2, 0) is 6.54 Å². The topological polar surface area (TPSA) is 90.7 Å². The van der Waals surface area contributed by atoms with Gasteiger partial charge in [-0.1, -0.05) is 24.3 Å². The van der Waals surface area contributed by atoms with Crippen molar-refractivity contribution in [3.63, 3.8) is 0 Å². The van der Waals surface area contributed by atoms with E-state index in [1.54, 1.807) is 36.5 Å². The number of nitriles is 1. The van der Waals surface area contributed by atoms with Crippen molar-refractivity contribution in [2.24, 2.45) is 0 Å². The molecule has 128 valence electrons.